The van der Waals surface area contributed by atoms with Gasteiger partial charge in [0.15, 0.2) is 0 Å². The van der Waals surface area contributed by atoms with E-state index in [1.165, 1.54) is 5.56 Å². The van der Waals surface area contributed by atoms with Crippen molar-refractivity contribution in [2.75, 3.05) is 26.2 Å². The molecular weight excluding hydrogens is 320 g/mol. The molecule has 136 valence electrons. The van der Waals surface area contributed by atoms with Crippen molar-refractivity contribution in [2.45, 2.75) is 39.3 Å². The zero-order valence-electron chi connectivity index (χ0n) is 15.1. The van der Waals surface area contributed by atoms with Crippen molar-refractivity contribution in [3.63, 3.8) is 0 Å². The highest BCUT2D eigenvalue weighted by atomic mass is 16.6. The van der Waals surface area contributed by atoms with Gasteiger partial charge in [0.25, 0.3) is 0 Å². The molecule has 0 spiro atoms. The smallest absolute Gasteiger partial charge is 0.410 e. The number of rotatable bonds is 6. The van der Waals surface area contributed by atoms with Gasteiger partial charge in [0.05, 0.1) is 19.1 Å². The van der Waals surface area contributed by atoms with Gasteiger partial charge < -0.3 is 14.4 Å². The summed E-state index contributed by atoms with van der Waals surface area (Å²) in [5.41, 5.74) is 1.23. The third-order valence-corrected chi connectivity index (χ3v) is 4.90. The number of nitrogens with zero attached hydrogens (tertiary/aromatic N) is 2. The van der Waals surface area contributed by atoms with Gasteiger partial charge in [-0.2, -0.15) is 0 Å². The van der Waals surface area contributed by atoms with Crippen molar-refractivity contribution in [1.82, 2.24) is 9.80 Å². The summed E-state index contributed by atoms with van der Waals surface area (Å²) in [6.45, 7) is 7.73. The zero-order valence-corrected chi connectivity index (χ0v) is 15.1. The summed E-state index contributed by atoms with van der Waals surface area (Å²) in [4.78, 5) is 27.5. The average Bonchev–Trinajstić information content (AvgIpc) is 2.91. The van der Waals surface area contributed by atoms with E-state index in [0.717, 1.165) is 12.2 Å². The van der Waals surface area contributed by atoms with E-state index in [1.807, 2.05) is 32.0 Å². The van der Waals surface area contributed by atoms with Gasteiger partial charge in [-0.05, 0) is 30.0 Å². The van der Waals surface area contributed by atoms with E-state index >= 15 is 0 Å². The van der Waals surface area contributed by atoms with Crippen LogP contribution in [0.3, 0.4) is 0 Å². The van der Waals surface area contributed by atoms with E-state index < -0.39 is 6.09 Å². The molecule has 2 fully saturated rings. The number of ether oxygens (including phenoxy) is 2. The summed E-state index contributed by atoms with van der Waals surface area (Å²) in [6.07, 6.45) is 0.592. The average molecular weight is 346 g/mol. The summed E-state index contributed by atoms with van der Waals surface area (Å²) in [5.74, 6) is 1.06. The molecule has 6 nitrogen and oxygen atoms in total. The number of likely N-dealkylation sites (tertiary alicyclic amines) is 1. The summed E-state index contributed by atoms with van der Waals surface area (Å²) in [6, 6.07) is 8.01. The maximum absolute atomic E-state index is 12.4. The van der Waals surface area contributed by atoms with Gasteiger partial charge in [0, 0.05) is 0 Å². The van der Waals surface area contributed by atoms with Gasteiger partial charge in [0.2, 0.25) is 5.91 Å². The van der Waals surface area contributed by atoms with Crippen LogP contribution in [0.2, 0.25) is 0 Å². The fourth-order valence-corrected chi connectivity index (χ4v) is 3.19. The SMILES string of the molecule is CCc1cccc(OC2CN(C(=O)CN3C(=O)OC[C@@H]3C(C)C)C2)c1. The molecule has 2 amide bonds. The Morgan fingerprint density at radius 2 is 2.12 bits per heavy atom. The highest BCUT2D eigenvalue weighted by molar-refractivity contribution is 5.83. The van der Waals surface area contributed by atoms with Gasteiger partial charge in [-0.3, -0.25) is 9.69 Å². The van der Waals surface area contributed by atoms with Crippen LogP contribution in [0, 0.1) is 5.92 Å². The van der Waals surface area contributed by atoms with Crippen LogP contribution in [0.15, 0.2) is 24.3 Å². The third kappa shape index (κ3) is 3.89. The van der Waals surface area contributed by atoms with Crippen molar-refractivity contribution in [1.29, 1.82) is 0 Å². The Hall–Kier alpha value is -2.24. The molecule has 0 unspecified atom stereocenters. The number of hydrogen-bond acceptors (Lipinski definition) is 4. The molecule has 0 saturated carbocycles. The summed E-state index contributed by atoms with van der Waals surface area (Å²) in [7, 11) is 0. The van der Waals surface area contributed by atoms with Crippen molar-refractivity contribution in [3.8, 4) is 5.75 Å². The minimum atomic E-state index is -0.392. The minimum absolute atomic E-state index is 0.0162. The lowest BCUT2D eigenvalue weighted by Gasteiger charge is -2.40. The molecular formula is C19H26N2O4. The Morgan fingerprint density at radius 3 is 2.80 bits per heavy atom. The summed E-state index contributed by atoms with van der Waals surface area (Å²) < 4.78 is 11.0. The highest BCUT2D eigenvalue weighted by Crippen LogP contribution is 2.22. The fraction of sp³-hybridized carbons (Fsp3) is 0.579. The maximum atomic E-state index is 12.4. The van der Waals surface area contributed by atoms with Gasteiger partial charge >= 0.3 is 6.09 Å². The number of amides is 2. The Kier molecular flexibility index (Phi) is 5.16. The Morgan fingerprint density at radius 1 is 1.36 bits per heavy atom. The second-order valence-corrected chi connectivity index (χ2v) is 7.06. The van der Waals surface area contributed by atoms with Crippen molar-refractivity contribution in [3.05, 3.63) is 29.8 Å². The Balaban J connectivity index is 1.49. The van der Waals surface area contributed by atoms with Crippen LogP contribution in [0.1, 0.15) is 26.3 Å². The molecule has 0 bridgehead atoms. The third-order valence-electron chi connectivity index (χ3n) is 4.90. The van der Waals surface area contributed by atoms with Crippen LogP contribution in [0.4, 0.5) is 4.79 Å². The number of benzene rings is 1. The first-order valence-corrected chi connectivity index (χ1v) is 8.94. The van der Waals surface area contributed by atoms with Crippen LogP contribution in [-0.2, 0) is 16.0 Å². The molecule has 2 saturated heterocycles. The lowest BCUT2D eigenvalue weighted by atomic mass is 10.0. The molecule has 0 aromatic heterocycles. The highest BCUT2D eigenvalue weighted by Gasteiger charge is 2.39. The maximum Gasteiger partial charge on any atom is 0.410 e. The largest absolute Gasteiger partial charge is 0.487 e. The minimum Gasteiger partial charge on any atom is -0.487 e. The molecule has 2 aliphatic rings. The van der Waals surface area contributed by atoms with Crippen molar-refractivity contribution in [2.24, 2.45) is 5.92 Å². The molecule has 0 aliphatic carbocycles. The number of carbonyl (C=O) groups excluding carboxylic acids is 2. The van der Waals surface area contributed by atoms with Gasteiger partial charge in [-0.15, -0.1) is 0 Å². The number of hydrogen-bond donors (Lipinski definition) is 0. The monoisotopic (exact) mass is 346 g/mol. The zero-order chi connectivity index (χ0) is 18.0. The van der Waals surface area contributed by atoms with E-state index in [9.17, 15) is 9.59 Å². The molecule has 2 aliphatic heterocycles. The van der Waals surface area contributed by atoms with E-state index in [1.54, 1.807) is 9.80 Å². The molecule has 0 radical (unpaired) electrons. The molecule has 6 heteroatoms. The molecule has 2 heterocycles. The second-order valence-electron chi connectivity index (χ2n) is 7.06. The number of cyclic esters (lactones) is 1. The predicted octanol–water partition coefficient (Wildman–Crippen LogP) is 2.32. The topological polar surface area (TPSA) is 59.1 Å². The quantitative estimate of drug-likeness (QED) is 0.793. The molecule has 1 aromatic rings. The first-order valence-electron chi connectivity index (χ1n) is 8.94. The second kappa shape index (κ2) is 7.33. The van der Waals surface area contributed by atoms with E-state index in [0.29, 0.717) is 19.7 Å². The number of aryl methyl sites for hydroxylation is 1. The normalized spacial score (nSPS) is 20.6. The summed E-state index contributed by atoms with van der Waals surface area (Å²) in [5, 5.41) is 0. The van der Waals surface area contributed by atoms with Crippen molar-refractivity contribution < 1.29 is 19.1 Å². The molecule has 0 N–H and O–H groups in total. The van der Waals surface area contributed by atoms with Crippen LogP contribution >= 0.6 is 0 Å². The number of carbonyl (C=O) groups is 2. The van der Waals surface area contributed by atoms with Crippen LogP contribution in [-0.4, -0.2) is 60.2 Å². The first kappa shape index (κ1) is 17.6. The molecule has 1 atom stereocenters. The lowest BCUT2D eigenvalue weighted by molar-refractivity contribution is -0.140. The van der Waals surface area contributed by atoms with Crippen molar-refractivity contribution >= 4 is 12.0 Å². The standard InChI is InChI=1S/C19H26N2O4/c1-4-14-6-5-7-15(8-14)25-16-9-20(10-16)18(22)11-21-17(13(2)3)12-24-19(21)23/h5-8,13,16-17H,4,9-12H2,1-3H3/t17-/m1/s1. The Bertz CT molecular complexity index is 640. The Labute approximate surface area is 148 Å². The summed E-state index contributed by atoms with van der Waals surface area (Å²) >= 11 is 0. The van der Waals surface area contributed by atoms with Crippen LogP contribution in [0.25, 0.3) is 0 Å². The molecule has 25 heavy (non-hydrogen) atoms. The molecule has 3 rings (SSSR count). The van der Waals surface area contributed by atoms with Crippen LogP contribution in [0.5, 0.6) is 5.75 Å². The van der Waals surface area contributed by atoms with Crippen LogP contribution < -0.4 is 4.74 Å². The predicted molar refractivity (Wildman–Crippen MR) is 93.5 cm³/mol. The van der Waals surface area contributed by atoms with Gasteiger partial charge in [-0.25, -0.2) is 4.79 Å². The molecule has 1 aromatic carbocycles. The van der Waals surface area contributed by atoms with E-state index in [4.69, 9.17) is 9.47 Å². The van der Waals surface area contributed by atoms with Gasteiger partial charge in [0.1, 0.15) is 25.0 Å². The van der Waals surface area contributed by atoms with E-state index in [2.05, 4.69) is 13.0 Å². The first-order chi connectivity index (χ1) is 12.0. The van der Waals surface area contributed by atoms with E-state index in [-0.39, 0.29) is 30.5 Å². The van der Waals surface area contributed by atoms with Gasteiger partial charge in [-0.1, -0.05) is 32.9 Å². The fourth-order valence-electron chi connectivity index (χ4n) is 3.19. The lowest BCUT2D eigenvalue weighted by Crippen LogP contribution is -2.58.